The van der Waals surface area contributed by atoms with Gasteiger partial charge in [0.1, 0.15) is 0 Å². The van der Waals surface area contributed by atoms with Crippen molar-refractivity contribution in [3.05, 3.63) is 0 Å². The monoisotopic (exact) mass is 199 g/mol. The third-order valence-corrected chi connectivity index (χ3v) is 2.61. The number of aliphatic imine (C=N–C) groups is 1. The molecule has 0 bridgehead atoms. The molecule has 0 saturated heterocycles. The van der Waals surface area contributed by atoms with Crippen LogP contribution in [0.15, 0.2) is 4.99 Å². The van der Waals surface area contributed by atoms with Gasteiger partial charge in [-0.3, -0.25) is 14.9 Å². The van der Waals surface area contributed by atoms with Crippen molar-refractivity contribution in [2.45, 2.75) is 38.6 Å². The van der Waals surface area contributed by atoms with E-state index in [1.54, 1.807) is 0 Å². The van der Waals surface area contributed by atoms with E-state index >= 15 is 0 Å². The second-order valence-corrected chi connectivity index (χ2v) is 3.42. The molecule has 0 unspecified atom stereocenters. The van der Waals surface area contributed by atoms with Gasteiger partial charge in [0.05, 0.1) is 19.1 Å². The summed E-state index contributed by atoms with van der Waals surface area (Å²) in [5.41, 5.74) is 2.30. The number of nitrogens with zero attached hydrogens (tertiary/aromatic N) is 1. The van der Waals surface area contributed by atoms with E-state index < -0.39 is 0 Å². The highest BCUT2D eigenvalue weighted by Gasteiger charge is 2.33. The molecule has 14 heavy (non-hydrogen) atoms. The smallest absolute Gasteiger partial charge is 0.229 e. The van der Waals surface area contributed by atoms with E-state index in [1.165, 1.54) is 7.11 Å². The number of guanidine groups is 1. The molecule has 0 aromatic rings. The second-order valence-electron chi connectivity index (χ2n) is 3.42. The fourth-order valence-corrected chi connectivity index (χ4v) is 1.58. The van der Waals surface area contributed by atoms with Crippen LogP contribution in [0.5, 0.6) is 0 Å². The van der Waals surface area contributed by atoms with Crippen LogP contribution in [0.2, 0.25) is 0 Å². The SMILES string of the molecule is CCC1(CC)CC(=O)NC(NOC)=N1. The average Bonchev–Trinajstić information content (AvgIpc) is 2.17. The first kappa shape index (κ1) is 11.0. The lowest BCUT2D eigenvalue weighted by Crippen LogP contribution is -2.50. The third kappa shape index (κ3) is 2.23. The summed E-state index contributed by atoms with van der Waals surface area (Å²) in [4.78, 5) is 20.5. The summed E-state index contributed by atoms with van der Waals surface area (Å²) in [6, 6.07) is 0. The first-order valence-corrected chi connectivity index (χ1v) is 4.84. The molecule has 0 aromatic heterocycles. The van der Waals surface area contributed by atoms with Gasteiger partial charge in [-0.1, -0.05) is 13.8 Å². The van der Waals surface area contributed by atoms with Crippen molar-refractivity contribution in [1.82, 2.24) is 10.8 Å². The highest BCUT2D eigenvalue weighted by molar-refractivity contribution is 5.99. The van der Waals surface area contributed by atoms with Crippen LogP contribution in [0.25, 0.3) is 0 Å². The van der Waals surface area contributed by atoms with Crippen molar-refractivity contribution in [2.75, 3.05) is 7.11 Å². The summed E-state index contributed by atoms with van der Waals surface area (Å²) in [5, 5.41) is 2.62. The highest BCUT2D eigenvalue weighted by Crippen LogP contribution is 2.26. The Bertz CT molecular complexity index is 246. The number of carbonyl (C=O) groups is 1. The van der Waals surface area contributed by atoms with E-state index in [4.69, 9.17) is 4.84 Å². The Kier molecular flexibility index (Phi) is 3.46. The first-order chi connectivity index (χ1) is 6.65. The van der Waals surface area contributed by atoms with Gasteiger partial charge in [0, 0.05) is 0 Å². The molecule has 1 amide bonds. The number of hydrogen-bond acceptors (Lipinski definition) is 4. The van der Waals surface area contributed by atoms with Gasteiger partial charge in [-0.25, -0.2) is 10.5 Å². The highest BCUT2D eigenvalue weighted by atomic mass is 16.6. The molecule has 5 heteroatoms. The van der Waals surface area contributed by atoms with Gasteiger partial charge in [0.25, 0.3) is 0 Å². The van der Waals surface area contributed by atoms with Gasteiger partial charge in [0.15, 0.2) is 0 Å². The van der Waals surface area contributed by atoms with Crippen molar-refractivity contribution in [2.24, 2.45) is 4.99 Å². The molecule has 0 radical (unpaired) electrons. The Labute approximate surface area is 83.9 Å². The Morgan fingerprint density at radius 3 is 2.71 bits per heavy atom. The van der Waals surface area contributed by atoms with Crippen LogP contribution < -0.4 is 10.8 Å². The predicted octanol–water partition coefficient (Wildman–Crippen LogP) is 0.572. The zero-order valence-electron chi connectivity index (χ0n) is 8.89. The molecule has 1 rings (SSSR count). The minimum atomic E-state index is -0.261. The second kappa shape index (κ2) is 4.41. The number of carbonyl (C=O) groups excluding carboxylic acids is 1. The Morgan fingerprint density at radius 2 is 2.21 bits per heavy atom. The summed E-state index contributed by atoms with van der Waals surface area (Å²) in [6.45, 7) is 4.08. The van der Waals surface area contributed by atoms with Crippen LogP contribution >= 0.6 is 0 Å². The minimum Gasteiger partial charge on any atom is -0.295 e. The lowest BCUT2D eigenvalue weighted by atomic mass is 9.88. The molecule has 80 valence electrons. The van der Waals surface area contributed by atoms with Crippen molar-refractivity contribution >= 4 is 11.9 Å². The van der Waals surface area contributed by atoms with Crippen LogP contribution in [-0.2, 0) is 9.63 Å². The van der Waals surface area contributed by atoms with Crippen LogP contribution in [0.4, 0.5) is 0 Å². The molecule has 0 spiro atoms. The Hall–Kier alpha value is -1.10. The molecule has 1 aliphatic rings. The number of rotatable bonds is 3. The molecule has 1 aliphatic heterocycles. The maximum absolute atomic E-state index is 11.4. The largest absolute Gasteiger partial charge is 0.295 e. The summed E-state index contributed by atoms with van der Waals surface area (Å²) >= 11 is 0. The van der Waals surface area contributed by atoms with Gasteiger partial charge < -0.3 is 0 Å². The van der Waals surface area contributed by atoms with E-state index in [2.05, 4.69) is 15.8 Å². The van der Waals surface area contributed by atoms with E-state index in [-0.39, 0.29) is 11.4 Å². The molecule has 0 saturated carbocycles. The third-order valence-electron chi connectivity index (χ3n) is 2.61. The first-order valence-electron chi connectivity index (χ1n) is 4.84. The Morgan fingerprint density at radius 1 is 1.57 bits per heavy atom. The van der Waals surface area contributed by atoms with E-state index in [0.29, 0.717) is 12.4 Å². The number of hydrogen-bond donors (Lipinski definition) is 2. The zero-order valence-corrected chi connectivity index (χ0v) is 8.89. The molecule has 0 aliphatic carbocycles. The van der Waals surface area contributed by atoms with E-state index in [9.17, 15) is 4.79 Å². The van der Waals surface area contributed by atoms with Gasteiger partial charge in [-0.2, -0.15) is 0 Å². The van der Waals surface area contributed by atoms with Crippen LogP contribution in [0.3, 0.4) is 0 Å². The minimum absolute atomic E-state index is 0.0109. The Balaban J connectivity index is 2.85. The van der Waals surface area contributed by atoms with Gasteiger partial charge in [-0.05, 0) is 12.8 Å². The molecule has 5 nitrogen and oxygen atoms in total. The van der Waals surface area contributed by atoms with Crippen molar-refractivity contribution in [1.29, 1.82) is 0 Å². The van der Waals surface area contributed by atoms with Crippen LogP contribution in [-0.4, -0.2) is 24.5 Å². The number of nitrogens with one attached hydrogen (secondary N) is 2. The molecule has 1 heterocycles. The average molecular weight is 199 g/mol. The lowest BCUT2D eigenvalue weighted by Gasteiger charge is -2.31. The number of hydroxylamine groups is 1. The van der Waals surface area contributed by atoms with Crippen LogP contribution in [0, 0.1) is 0 Å². The molecule has 0 atom stereocenters. The molecular weight excluding hydrogens is 182 g/mol. The lowest BCUT2D eigenvalue weighted by molar-refractivity contribution is -0.121. The molecular formula is C9H17N3O2. The fourth-order valence-electron chi connectivity index (χ4n) is 1.58. The molecule has 0 fully saturated rings. The summed E-state index contributed by atoms with van der Waals surface area (Å²) < 4.78 is 0. The predicted molar refractivity (Wildman–Crippen MR) is 53.7 cm³/mol. The van der Waals surface area contributed by atoms with Gasteiger partial charge in [0.2, 0.25) is 11.9 Å². The maximum Gasteiger partial charge on any atom is 0.229 e. The zero-order chi connectivity index (χ0) is 10.6. The molecule has 0 aromatic carbocycles. The topological polar surface area (TPSA) is 62.7 Å². The fraction of sp³-hybridized carbons (Fsp3) is 0.778. The van der Waals surface area contributed by atoms with Gasteiger partial charge >= 0.3 is 0 Å². The molecule has 2 N–H and O–H groups in total. The van der Waals surface area contributed by atoms with Crippen LogP contribution in [0.1, 0.15) is 33.1 Å². The summed E-state index contributed by atoms with van der Waals surface area (Å²) in [5.74, 6) is 0.399. The van der Waals surface area contributed by atoms with E-state index in [1.807, 2.05) is 13.8 Å². The normalized spacial score (nSPS) is 19.9. The summed E-state index contributed by atoms with van der Waals surface area (Å²) in [7, 11) is 1.49. The van der Waals surface area contributed by atoms with Crippen molar-refractivity contribution in [3.8, 4) is 0 Å². The maximum atomic E-state index is 11.4. The van der Waals surface area contributed by atoms with Crippen molar-refractivity contribution in [3.63, 3.8) is 0 Å². The van der Waals surface area contributed by atoms with Crippen molar-refractivity contribution < 1.29 is 9.63 Å². The number of amides is 1. The quantitative estimate of drug-likeness (QED) is 0.653. The van der Waals surface area contributed by atoms with E-state index in [0.717, 1.165) is 12.8 Å². The standard InChI is InChI=1S/C9H17N3O2/c1-4-9(5-2)6-7(13)10-8(11-9)12-14-3/h4-6H2,1-3H3,(H2,10,11,12,13). The summed E-state index contributed by atoms with van der Waals surface area (Å²) in [6.07, 6.45) is 2.16. The van der Waals surface area contributed by atoms with Gasteiger partial charge in [-0.15, -0.1) is 0 Å².